The van der Waals surface area contributed by atoms with E-state index >= 15 is 0 Å². The summed E-state index contributed by atoms with van der Waals surface area (Å²) in [7, 11) is -3.60. The molecule has 1 N–H and O–H groups in total. The van der Waals surface area contributed by atoms with Crippen LogP contribution in [0.25, 0.3) is 0 Å². The maximum absolute atomic E-state index is 13.4. The third-order valence-corrected chi connectivity index (χ3v) is 7.94. The number of sulfonamides is 1. The van der Waals surface area contributed by atoms with E-state index in [0.29, 0.717) is 36.8 Å². The highest BCUT2D eigenvalue weighted by molar-refractivity contribution is 7.89. The van der Waals surface area contributed by atoms with Crippen molar-refractivity contribution in [3.8, 4) is 0 Å². The van der Waals surface area contributed by atoms with E-state index in [2.05, 4.69) is 12.2 Å². The highest BCUT2D eigenvalue weighted by Crippen LogP contribution is 2.32. The van der Waals surface area contributed by atoms with Crippen molar-refractivity contribution in [2.24, 2.45) is 5.92 Å². The van der Waals surface area contributed by atoms with Crippen LogP contribution >= 0.6 is 0 Å². The van der Waals surface area contributed by atoms with Crippen LogP contribution in [0.4, 0.5) is 15.8 Å². The van der Waals surface area contributed by atoms with Crippen molar-refractivity contribution in [1.82, 2.24) is 4.31 Å². The maximum atomic E-state index is 13.4. The SMILES string of the molecule is CC1CCN(S(=O)(=O)c2ccc3c(c2)CCC(=O)N3CC(=O)Nc2cccc(F)c2)CC1. The predicted molar refractivity (Wildman–Crippen MR) is 119 cm³/mol. The minimum absolute atomic E-state index is 0.185. The molecule has 0 aromatic heterocycles. The fraction of sp³-hybridized carbons (Fsp3) is 0.391. The molecule has 0 atom stereocenters. The summed E-state index contributed by atoms with van der Waals surface area (Å²) in [5, 5.41) is 2.59. The van der Waals surface area contributed by atoms with Gasteiger partial charge in [0.1, 0.15) is 12.4 Å². The van der Waals surface area contributed by atoms with Crippen molar-refractivity contribution >= 4 is 33.2 Å². The number of carbonyl (C=O) groups is 2. The van der Waals surface area contributed by atoms with E-state index in [-0.39, 0.29) is 23.8 Å². The third-order valence-electron chi connectivity index (χ3n) is 6.04. The number of hydrogen-bond donors (Lipinski definition) is 1. The zero-order chi connectivity index (χ0) is 22.9. The fourth-order valence-electron chi connectivity index (χ4n) is 4.15. The van der Waals surface area contributed by atoms with Crippen LogP contribution in [0.15, 0.2) is 47.4 Å². The number of nitrogens with zero attached hydrogens (tertiary/aromatic N) is 2. The monoisotopic (exact) mass is 459 g/mol. The van der Waals surface area contributed by atoms with Crippen LogP contribution in [-0.2, 0) is 26.0 Å². The molecule has 0 spiro atoms. The van der Waals surface area contributed by atoms with Crippen LogP contribution in [0.5, 0.6) is 0 Å². The van der Waals surface area contributed by atoms with Gasteiger partial charge in [-0.1, -0.05) is 13.0 Å². The van der Waals surface area contributed by atoms with Gasteiger partial charge in [0.15, 0.2) is 0 Å². The van der Waals surface area contributed by atoms with Gasteiger partial charge in [-0.3, -0.25) is 9.59 Å². The van der Waals surface area contributed by atoms with Crippen LogP contribution < -0.4 is 10.2 Å². The molecule has 2 heterocycles. The Bertz CT molecular complexity index is 1140. The summed E-state index contributed by atoms with van der Waals surface area (Å²) in [4.78, 5) is 26.6. The molecule has 1 fully saturated rings. The van der Waals surface area contributed by atoms with Gasteiger partial charge < -0.3 is 10.2 Å². The molecule has 170 valence electrons. The van der Waals surface area contributed by atoms with Gasteiger partial charge in [-0.25, -0.2) is 12.8 Å². The zero-order valence-corrected chi connectivity index (χ0v) is 18.7. The minimum atomic E-state index is -3.60. The first-order chi connectivity index (χ1) is 15.2. The number of aryl methyl sites for hydroxylation is 1. The van der Waals surface area contributed by atoms with Crippen LogP contribution in [-0.4, -0.2) is 44.2 Å². The molecule has 2 aliphatic rings. The molecule has 0 saturated carbocycles. The second-order valence-corrected chi connectivity index (χ2v) is 10.4. The Morgan fingerprint density at radius 2 is 1.88 bits per heavy atom. The van der Waals surface area contributed by atoms with Gasteiger partial charge in [0, 0.05) is 30.9 Å². The van der Waals surface area contributed by atoms with E-state index in [9.17, 15) is 22.4 Å². The smallest absolute Gasteiger partial charge is 0.244 e. The molecule has 32 heavy (non-hydrogen) atoms. The van der Waals surface area contributed by atoms with Gasteiger partial charge in [0.25, 0.3) is 0 Å². The highest BCUT2D eigenvalue weighted by atomic mass is 32.2. The number of carbonyl (C=O) groups excluding carboxylic acids is 2. The lowest BCUT2D eigenvalue weighted by Gasteiger charge is -2.31. The number of halogens is 1. The van der Waals surface area contributed by atoms with Gasteiger partial charge in [0.05, 0.1) is 4.90 Å². The third kappa shape index (κ3) is 4.68. The number of fused-ring (bicyclic) bond motifs is 1. The summed E-state index contributed by atoms with van der Waals surface area (Å²) in [5.41, 5.74) is 1.55. The molecule has 2 aliphatic heterocycles. The largest absolute Gasteiger partial charge is 0.324 e. The Labute approximate surface area is 187 Å². The van der Waals surface area contributed by atoms with E-state index in [4.69, 9.17) is 0 Å². The Hall–Kier alpha value is -2.78. The van der Waals surface area contributed by atoms with Gasteiger partial charge >= 0.3 is 0 Å². The Kier molecular flexibility index (Phi) is 6.30. The van der Waals surface area contributed by atoms with Crippen molar-refractivity contribution in [3.05, 3.63) is 53.8 Å². The molecule has 0 aliphatic carbocycles. The second-order valence-electron chi connectivity index (χ2n) is 8.42. The van der Waals surface area contributed by atoms with Crippen LogP contribution in [0.1, 0.15) is 31.7 Å². The van der Waals surface area contributed by atoms with E-state index in [1.807, 2.05) is 0 Å². The molecular weight excluding hydrogens is 433 g/mol. The van der Waals surface area contributed by atoms with E-state index in [1.54, 1.807) is 18.2 Å². The quantitative estimate of drug-likeness (QED) is 0.744. The summed E-state index contributed by atoms with van der Waals surface area (Å²) in [6, 6.07) is 10.2. The first kappa shape index (κ1) is 22.4. The molecule has 2 aromatic rings. The van der Waals surface area contributed by atoms with Crippen LogP contribution in [0.2, 0.25) is 0 Å². The van der Waals surface area contributed by atoms with Gasteiger partial charge in [-0.2, -0.15) is 4.31 Å². The number of amides is 2. The number of hydrogen-bond acceptors (Lipinski definition) is 4. The number of benzene rings is 2. The van der Waals surface area contributed by atoms with Gasteiger partial charge in [-0.05, 0) is 67.1 Å². The number of piperidine rings is 1. The summed E-state index contributed by atoms with van der Waals surface area (Å²) >= 11 is 0. The average molecular weight is 460 g/mol. The lowest BCUT2D eigenvalue weighted by molar-refractivity contribution is -0.121. The maximum Gasteiger partial charge on any atom is 0.244 e. The van der Waals surface area contributed by atoms with Gasteiger partial charge in [0.2, 0.25) is 21.8 Å². The summed E-state index contributed by atoms with van der Waals surface area (Å²) in [6.45, 7) is 2.90. The first-order valence-electron chi connectivity index (χ1n) is 10.7. The minimum Gasteiger partial charge on any atom is -0.324 e. The molecule has 9 heteroatoms. The predicted octanol–water partition coefficient (Wildman–Crippen LogP) is 3.16. The molecule has 0 bridgehead atoms. The van der Waals surface area contributed by atoms with E-state index in [0.717, 1.165) is 18.4 Å². The normalized spacial score (nSPS) is 17.8. The Balaban J connectivity index is 1.53. The Morgan fingerprint density at radius 3 is 2.59 bits per heavy atom. The molecule has 2 amide bonds. The summed E-state index contributed by atoms with van der Waals surface area (Å²) in [5.74, 6) is -0.634. The topological polar surface area (TPSA) is 86.8 Å². The zero-order valence-electron chi connectivity index (χ0n) is 17.9. The number of anilines is 2. The standard InChI is InChI=1S/C23H26FN3O4S/c1-16-9-11-26(12-10-16)32(30,31)20-6-7-21-17(13-20)5-8-23(29)27(21)15-22(28)25-19-4-2-3-18(24)14-19/h2-4,6-7,13-14,16H,5,8-12,15H2,1H3,(H,25,28). The molecule has 1 saturated heterocycles. The molecule has 0 unspecified atom stereocenters. The molecule has 0 radical (unpaired) electrons. The van der Waals surface area contributed by atoms with Crippen LogP contribution in [0.3, 0.4) is 0 Å². The summed E-state index contributed by atoms with van der Waals surface area (Å²) < 4.78 is 41.0. The van der Waals surface area contributed by atoms with Crippen molar-refractivity contribution in [1.29, 1.82) is 0 Å². The highest BCUT2D eigenvalue weighted by Gasteiger charge is 2.31. The number of rotatable bonds is 5. The van der Waals surface area contributed by atoms with Crippen molar-refractivity contribution in [2.45, 2.75) is 37.5 Å². The average Bonchev–Trinajstić information content (AvgIpc) is 2.75. The van der Waals surface area contributed by atoms with Crippen molar-refractivity contribution in [2.75, 3.05) is 29.9 Å². The molecule has 7 nitrogen and oxygen atoms in total. The Morgan fingerprint density at radius 1 is 1.12 bits per heavy atom. The molecular formula is C23H26FN3O4S. The van der Waals surface area contributed by atoms with E-state index in [1.165, 1.54) is 33.5 Å². The second kappa shape index (κ2) is 8.99. The molecule has 4 rings (SSSR count). The van der Waals surface area contributed by atoms with Crippen LogP contribution in [0, 0.1) is 11.7 Å². The van der Waals surface area contributed by atoms with E-state index < -0.39 is 21.7 Å². The molecule has 2 aromatic carbocycles. The van der Waals surface area contributed by atoms with Gasteiger partial charge in [-0.15, -0.1) is 0 Å². The number of nitrogens with one attached hydrogen (secondary N) is 1. The summed E-state index contributed by atoms with van der Waals surface area (Å²) in [6.07, 6.45) is 2.28. The lowest BCUT2D eigenvalue weighted by Crippen LogP contribution is -2.41. The van der Waals surface area contributed by atoms with Crippen molar-refractivity contribution in [3.63, 3.8) is 0 Å². The fourth-order valence-corrected chi connectivity index (χ4v) is 5.68. The van der Waals surface area contributed by atoms with Crippen molar-refractivity contribution < 1.29 is 22.4 Å². The first-order valence-corrected chi connectivity index (χ1v) is 12.2. The lowest BCUT2D eigenvalue weighted by atomic mass is 10.0.